The molecular formula is C14H20N4SW. The molecule has 0 amide bonds. The zero-order valence-electron chi connectivity index (χ0n) is 12.3. The Bertz CT molecular complexity index is 460. The fraction of sp³-hybridized carbons (Fsp3) is 0.429. The maximum Gasteiger partial charge on any atom is 2.00 e. The van der Waals surface area contributed by atoms with E-state index in [4.69, 9.17) is 0 Å². The van der Waals surface area contributed by atoms with Gasteiger partial charge in [-0.05, 0) is 11.3 Å². The summed E-state index contributed by atoms with van der Waals surface area (Å²) in [5, 5.41) is 0.902. The number of thioether (sulfide) groups is 1. The van der Waals surface area contributed by atoms with Gasteiger partial charge in [-0.2, -0.15) is 25.1 Å². The van der Waals surface area contributed by atoms with Gasteiger partial charge in [-0.3, -0.25) is 0 Å². The number of rotatable bonds is 4. The molecule has 0 fully saturated rings. The van der Waals surface area contributed by atoms with E-state index in [1.807, 2.05) is 6.26 Å². The minimum atomic E-state index is 0. The van der Waals surface area contributed by atoms with E-state index < -0.39 is 0 Å². The Balaban J connectivity index is 0.000000448. The minimum absolute atomic E-state index is 0. The molecule has 0 saturated heterocycles. The Morgan fingerprint density at radius 3 is 2.65 bits per heavy atom. The second kappa shape index (κ2) is 11.0. The van der Waals surface area contributed by atoms with Crippen LogP contribution in [0.3, 0.4) is 0 Å². The van der Waals surface area contributed by atoms with Crippen LogP contribution >= 0.6 is 11.8 Å². The Hall–Kier alpha value is -0.672. The maximum atomic E-state index is 4.28. The maximum absolute atomic E-state index is 4.28. The summed E-state index contributed by atoms with van der Waals surface area (Å²) >= 11 is 1.56. The van der Waals surface area contributed by atoms with Crippen LogP contribution < -0.4 is 0 Å². The van der Waals surface area contributed by atoms with Gasteiger partial charge in [-0.25, -0.2) is 4.98 Å². The van der Waals surface area contributed by atoms with Gasteiger partial charge in [-0.1, -0.05) is 26.0 Å². The SMILES string of the molecule is CSc1c[c-]nc(-n2ccnc2)n1.C[CH-]CC(C)C.[W+2]. The van der Waals surface area contributed by atoms with E-state index in [0.29, 0.717) is 5.95 Å². The van der Waals surface area contributed by atoms with Gasteiger partial charge in [0.15, 0.2) is 0 Å². The van der Waals surface area contributed by atoms with Crippen LogP contribution in [0.5, 0.6) is 0 Å². The average molecular weight is 460 g/mol. The van der Waals surface area contributed by atoms with Gasteiger partial charge in [0.05, 0.1) is 6.33 Å². The van der Waals surface area contributed by atoms with E-state index in [-0.39, 0.29) is 21.1 Å². The van der Waals surface area contributed by atoms with Crippen molar-refractivity contribution in [3.05, 3.63) is 37.4 Å². The van der Waals surface area contributed by atoms with E-state index in [1.165, 1.54) is 6.42 Å². The molecular weight excluding hydrogens is 440 g/mol. The van der Waals surface area contributed by atoms with Gasteiger partial charge in [0, 0.05) is 12.4 Å². The van der Waals surface area contributed by atoms with Gasteiger partial charge < -0.3 is 21.0 Å². The monoisotopic (exact) mass is 460 g/mol. The van der Waals surface area contributed by atoms with Crippen LogP contribution in [0, 0.1) is 18.5 Å². The fourth-order valence-electron chi connectivity index (χ4n) is 1.37. The van der Waals surface area contributed by atoms with E-state index in [1.54, 1.807) is 41.1 Å². The Kier molecular flexibility index (Phi) is 10.7. The third-order valence-electron chi connectivity index (χ3n) is 2.21. The first-order valence-electron chi connectivity index (χ1n) is 6.22. The molecule has 2 aromatic heterocycles. The van der Waals surface area contributed by atoms with Crippen molar-refractivity contribution in [3.63, 3.8) is 0 Å². The summed E-state index contributed by atoms with van der Waals surface area (Å²) in [7, 11) is 0. The first-order chi connectivity index (χ1) is 9.17. The van der Waals surface area contributed by atoms with Crippen LogP contribution in [0.4, 0.5) is 0 Å². The summed E-state index contributed by atoms with van der Waals surface area (Å²) in [6.45, 7) is 6.54. The number of hydrogen-bond donors (Lipinski definition) is 0. The van der Waals surface area contributed by atoms with E-state index in [2.05, 4.69) is 48.3 Å². The predicted molar refractivity (Wildman–Crippen MR) is 79.2 cm³/mol. The van der Waals surface area contributed by atoms with Crippen LogP contribution in [0.1, 0.15) is 27.2 Å². The van der Waals surface area contributed by atoms with Crippen molar-refractivity contribution in [2.45, 2.75) is 32.2 Å². The Morgan fingerprint density at radius 1 is 1.45 bits per heavy atom. The minimum Gasteiger partial charge on any atom is -0.354 e. The molecule has 0 saturated carbocycles. The molecule has 0 spiro atoms. The van der Waals surface area contributed by atoms with Crippen molar-refractivity contribution in [3.8, 4) is 5.95 Å². The molecule has 2 rings (SSSR count). The first kappa shape index (κ1) is 19.3. The molecule has 20 heavy (non-hydrogen) atoms. The number of imidazole rings is 1. The van der Waals surface area contributed by atoms with E-state index in [0.717, 1.165) is 10.9 Å². The van der Waals surface area contributed by atoms with Gasteiger partial charge >= 0.3 is 21.1 Å². The van der Waals surface area contributed by atoms with E-state index in [9.17, 15) is 0 Å². The van der Waals surface area contributed by atoms with Crippen molar-refractivity contribution in [1.29, 1.82) is 0 Å². The van der Waals surface area contributed by atoms with Gasteiger partial charge in [0.2, 0.25) is 0 Å². The quantitative estimate of drug-likeness (QED) is 0.399. The second-order valence-corrected chi connectivity index (χ2v) is 5.17. The van der Waals surface area contributed by atoms with Crippen LogP contribution in [-0.2, 0) is 21.1 Å². The molecule has 108 valence electrons. The van der Waals surface area contributed by atoms with Gasteiger partial charge in [0.1, 0.15) is 5.95 Å². The summed E-state index contributed by atoms with van der Waals surface area (Å²) in [4.78, 5) is 12.2. The van der Waals surface area contributed by atoms with Crippen LogP contribution in [-0.4, -0.2) is 25.8 Å². The zero-order valence-corrected chi connectivity index (χ0v) is 16.0. The Labute approximate surface area is 140 Å². The molecule has 6 heteroatoms. The molecule has 0 bridgehead atoms. The van der Waals surface area contributed by atoms with Crippen LogP contribution in [0.25, 0.3) is 5.95 Å². The van der Waals surface area contributed by atoms with Crippen molar-refractivity contribution >= 4 is 11.8 Å². The average Bonchev–Trinajstić information content (AvgIpc) is 2.93. The van der Waals surface area contributed by atoms with Crippen molar-refractivity contribution < 1.29 is 21.1 Å². The Morgan fingerprint density at radius 2 is 2.20 bits per heavy atom. The number of aromatic nitrogens is 4. The second-order valence-electron chi connectivity index (χ2n) is 4.35. The largest absolute Gasteiger partial charge is 2.00 e. The molecule has 0 aliphatic carbocycles. The fourth-order valence-corrected chi connectivity index (χ4v) is 1.71. The zero-order chi connectivity index (χ0) is 14.1. The van der Waals surface area contributed by atoms with Gasteiger partial charge in [0.25, 0.3) is 0 Å². The molecule has 0 aromatic carbocycles. The van der Waals surface area contributed by atoms with Crippen LogP contribution in [0.15, 0.2) is 29.8 Å². The molecule has 0 unspecified atom stereocenters. The van der Waals surface area contributed by atoms with Crippen molar-refractivity contribution in [1.82, 2.24) is 19.5 Å². The molecule has 0 N–H and O–H groups in total. The predicted octanol–water partition coefficient (Wildman–Crippen LogP) is 3.44. The molecule has 4 nitrogen and oxygen atoms in total. The summed E-state index contributed by atoms with van der Waals surface area (Å²) in [5.41, 5.74) is 0. The molecule has 2 aromatic rings. The number of nitrogens with zero attached hydrogens (tertiary/aromatic N) is 4. The normalized spacial score (nSPS) is 9.65. The first-order valence-corrected chi connectivity index (χ1v) is 7.45. The summed E-state index contributed by atoms with van der Waals surface area (Å²) in [5.74, 6) is 1.44. The number of hydrogen-bond acceptors (Lipinski definition) is 4. The molecule has 0 atom stereocenters. The molecule has 0 aliphatic rings. The van der Waals surface area contributed by atoms with Gasteiger partial charge in [-0.15, -0.1) is 6.07 Å². The smallest absolute Gasteiger partial charge is 0.354 e. The summed E-state index contributed by atoms with van der Waals surface area (Å²) in [6.07, 6.45) is 13.4. The van der Waals surface area contributed by atoms with E-state index >= 15 is 0 Å². The van der Waals surface area contributed by atoms with Crippen molar-refractivity contribution in [2.24, 2.45) is 5.92 Å². The summed E-state index contributed by atoms with van der Waals surface area (Å²) < 4.78 is 1.75. The van der Waals surface area contributed by atoms with Crippen LogP contribution in [0.2, 0.25) is 0 Å². The molecule has 0 radical (unpaired) electrons. The molecule has 0 aliphatic heterocycles. The topological polar surface area (TPSA) is 43.6 Å². The summed E-state index contributed by atoms with van der Waals surface area (Å²) in [6, 6.07) is 1.76. The standard InChI is InChI=1S/C8H7N4S.C6H13.W/c1-13-7-2-3-10-8(11-7)12-5-4-9-6-12;1-4-5-6(2)3;/h2,4-6H,1H3;4,6H,5H2,1-3H3;/q2*-1;+2. The molecule has 2 heterocycles. The third-order valence-corrected chi connectivity index (χ3v) is 2.84. The third kappa shape index (κ3) is 7.20. The van der Waals surface area contributed by atoms with Crippen molar-refractivity contribution in [2.75, 3.05) is 6.26 Å².